The highest BCUT2D eigenvalue weighted by atomic mass is 16.5. The third-order valence-corrected chi connectivity index (χ3v) is 2.95. The fourth-order valence-corrected chi connectivity index (χ4v) is 2.11. The summed E-state index contributed by atoms with van der Waals surface area (Å²) in [7, 11) is 0. The molecule has 0 unspecified atom stereocenters. The van der Waals surface area contributed by atoms with E-state index in [1.807, 2.05) is 6.07 Å². The van der Waals surface area contributed by atoms with E-state index < -0.39 is 5.97 Å². The number of rotatable bonds is 4. The standard InChI is InChI=1S/C13H17NO3/c1-10-3-2-4-11(7-10)14-6-5-12(8-14)17-9-13(15)16/h2-4,7,12H,5-6,8-9H2,1H3,(H,15,16)/t12-/m1/s1. The number of anilines is 1. The zero-order chi connectivity index (χ0) is 12.3. The molecule has 1 aliphatic heterocycles. The summed E-state index contributed by atoms with van der Waals surface area (Å²) in [5.41, 5.74) is 2.42. The van der Waals surface area contributed by atoms with Crippen LogP contribution in [0.2, 0.25) is 0 Å². The van der Waals surface area contributed by atoms with Gasteiger partial charge in [-0.2, -0.15) is 0 Å². The molecule has 1 aromatic rings. The molecule has 0 spiro atoms. The third-order valence-electron chi connectivity index (χ3n) is 2.95. The van der Waals surface area contributed by atoms with Gasteiger partial charge in [0.25, 0.3) is 0 Å². The van der Waals surface area contributed by atoms with Gasteiger partial charge < -0.3 is 14.7 Å². The molecule has 1 aromatic carbocycles. The molecule has 17 heavy (non-hydrogen) atoms. The van der Waals surface area contributed by atoms with Gasteiger partial charge in [0.05, 0.1) is 6.10 Å². The highest BCUT2D eigenvalue weighted by Gasteiger charge is 2.23. The third kappa shape index (κ3) is 3.20. The van der Waals surface area contributed by atoms with Crippen molar-refractivity contribution in [1.82, 2.24) is 0 Å². The average Bonchev–Trinajstić information content (AvgIpc) is 2.75. The minimum absolute atomic E-state index is 0.0339. The zero-order valence-corrected chi connectivity index (χ0v) is 9.93. The summed E-state index contributed by atoms with van der Waals surface area (Å²) >= 11 is 0. The average molecular weight is 235 g/mol. The van der Waals surface area contributed by atoms with Crippen LogP contribution < -0.4 is 4.90 Å². The first-order valence-electron chi connectivity index (χ1n) is 5.80. The highest BCUT2D eigenvalue weighted by Crippen LogP contribution is 2.22. The normalized spacial score (nSPS) is 19.6. The van der Waals surface area contributed by atoms with Crippen molar-refractivity contribution in [2.45, 2.75) is 19.4 Å². The van der Waals surface area contributed by atoms with Crippen LogP contribution in [0.4, 0.5) is 5.69 Å². The first kappa shape index (κ1) is 11.9. The molecule has 92 valence electrons. The van der Waals surface area contributed by atoms with Crippen molar-refractivity contribution in [3.8, 4) is 0 Å². The lowest BCUT2D eigenvalue weighted by molar-refractivity contribution is -0.143. The largest absolute Gasteiger partial charge is 0.480 e. The lowest BCUT2D eigenvalue weighted by Gasteiger charge is -2.18. The maximum Gasteiger partial charge on any atom is 0.329 e. The lowest BCUT2D eigenvalue weighted by Crippen LogP contribution is -2.24. The van der Waals surface area contributed by atoms with Gasteiger partial charge in [-0.1, -0.05) is 12.1 Å². The Balaban J connectivity index is 1.91. The van der Waals surface area contributed by atoms with Gasteiger partial charge in [0.15, 0.2) is 0 Å². The smallest absolute Gasteiger partial charge is 0.329 e. The van der Waals surface area contributed by atoms with Crippen molar-refractivity contribution in [3.63, 3.8) is 0 Å². The van der Waals surface area contributed by atoms with Crippen LogP contribution in [0, 0.1) is 6.92 Å². The number of ether oxygens (including phenoxy) is 1. The molecule has 1 heterocycles. The number of nitrogens with zero attached hydrogens (tertiary/aromatic N) is 1. The summed E-state index contributed by atoms with van der Waals surface area (Å²) in [6.07, 6.45) is 0.924. The Morgan fingerprint density at radius 1 is 1.59 bits per heavy atom. The molecule has 0 bridgehead atoms. The van der Waals surface area contributed by atoms with Crippen molar-refractivity contribution in [2.24, 2.45) is 0 Å². The van der Waals surface area contributed by atoms with E-state index in [-0.39, 0.29) is 12.7 Å². The van der Waals surface area contributed by atoms with Gasteiger partial charge in [0, 0.05) is 18.8 Å². The van der Waals surface area contributed by atoms with Crippen LogP contribution >= 0.6 is 0 Å². The van der Waals surface area contributed by atoms with Crippen LogP contribution in [0.15, 0.2) is 24.3 Å². The zero-order valence-electron chi connectivity index (χ0n) is 9.93. The Kier molecular flexibility index (Phi) is 3.64. The molecular formula is C13H17NO3. The maximum atomic E-state index is 10.4. The molecule has 4 heteroatoms. The number of hydrogen-bond donors (Lipinski definition) is 1. The summed E-state index contributed by atoms with van der Waals surface area (Å²) in [6, 6.07) is 8.32. The molecule has 0 aromatic heterocycles. The first-order valence-corrected chi connectivity index (χ1v) is 5.80. The second kappa shape index (κ2) is 5.19. The summed E-state index contributed by atoms with van der Waals surface area (Å²) in [5.74, 6) is -0.904. The van der Waals surface area contributed by atoms with E-state index >= 15 is 0 Å². The monoisotopic (exact) mass is 235 g/mol. The Labute approximate surface area is 101 Å². The summed E-state index contributed by atoms with van der Waals surface area (Å²) < 4.78 is 5.31. The van der Waals surface area contributed by atoms with E-state index in [4.69, 9.17) is 9.84 Å². The second-order valence-corrected chi connectivity index (χ2v) is 4.40. The molecule has 2 rings (SSSR count). The Morgan fingerprint density at radius 3 is 3.12 bits per heavy atom. The predicted molar refractivity (Wildman–Crippen MR) is 65.4 cm³/mol. The number of carboxylic acid groups (broad SMARTS) is 1. The van der Waals surface area contributed by atoms with Crippen LogP contribution in [0.1, 0.15) is 12.0 Å². The molecule has 1 N–H and O–H groups in total. The molecule has 0 amide bonds. The van der Waals surface area contributed by atoms with E-state index in [0.29, 0.717) is 0 Å². The Morgan fingerprint density at radius 2 is 2.41 bits per heavy atom. The van der Waals surface area contributed by atoms with E-state index in [2.05, 4.69) is 30.0 Å². The van der Waals surface area contributed by atoms with E-state index in [0.717, 1.165) is 19.5 Å². The molecular weight excluding hydrogens is 218 g/mol. The quantitative estimate of drug-likeness (QED) is 0.862. The van der Waals surface area contributed by atoms with Crippen LogP contribution in [-0.2, 0) is 9.53 Å². The fourth-order valence-electron chi connectivity index (χ4n) is 2.11. The number of carboxylic acids is 1. The molecule has 0 aliphatic carbocycles. The van der Waals surface area contributed by atoms with Crippen LogP contribution in [0.25, 0.3) is 0 Å². The van der Waals surface area contributed by atoms with Gasteiger partial charge in [0.2, 0.25) is 0 Å². The Bertz CT molecular complexity index is 405. The SMILES string of the molecule is Cc1cccc(N2CC[C@@H](OCC(=O)O)C2)c1. The predicted octanol–water partition coefficient (Wildman–Crippen LogP) is 1.67. The van der Waals surface area contributed by atoms with Gasteiger partial charge >= 0.3 is 5.97 Å². The maximum absolute atomic E-state index is 10.4. The van der Waals surface area contributed by atoms with Gasteiger partial charge in [-0.3, -0.25) is 0 Å². The number of aryl methyl sites for hydroxylation is 1. The van der Waals surface area contributed by atoms with Crippen molar-refractivity contribution in [3.05, 3.63) is 29.8 Å². The van der Waals surface area contributed by atoms with Crippen molar-refractivity contribution in [2.75, 3.05) is 24.6 Å². The van der Waals surface area contributed by atoms with E-state index in [9.17, 15) is 4.79 Å². The van der Waals surface area contributed by atoms with Crippen molar-refractivity contribution in [1.29, 1.82) is 0 Å². The van der Waals surface area contributed by atoms with Gasteiger partial charge in [-0.15, -0.1) is 0 Å². The number of hydrogen-bond acceptors (Lipinski definition) is 3. The molecule has 0 saturated carbocycles. The number of aliphatic carboxylic acids is 1. The van der Waals surface area contributed by atoms with Gasteiger partial charge in [0.1, 0.15) is 6.61 Å². The number of carbonyl (C=O) groups is 1. The van der Waals surface area contributed by atoms with Crippen LogP contribution in [0.5, 0.6) is 0 Å². The minimum atomic E-state index is -0.904. The first-order chi connectivity index (χ1) is 8.15. The molecule has 1 fully saturated rings. The summed E-state index contributed by atoms with van der Waals surface area (Å²) in [6.45, 7) is 3.56. The van der Waals surface area contributed by atoms with E-state index in [1.54, 1.807) is 0 Å². The second-order valence-electron chi connectivity index (χ2n) is 4.40. The minimum Gasteiger partial charge on any atom is -0.480 e. The fraction of sp³-hybridized carbons (Fsp3) is 0.462. The number of benzene rings is 1. The molecule has 1 saturated heterocycles. The van der Waals surface area contributed by atoms with Crippen molar-refractivity contribution >= 4 is 11.7 Å². The molecule has 4 nitrogen and oxygen atoms in total. The Hall–Kier alpha value is -1.55. The van der Waals surface area contributed by atoms with Gasteiger partial charge in [-0.25, -0.2) is 4.79 Å². The van der Waals surface area contributed by atoms with Crippen molar-refractivity contribution < 1.29 is 14.6 Å². The van der Waals surface area contributed by atoms with Gasteiger partial charge in [-0.05, 0) is 31.0 Å². The summed E-state index contributed by atoms with van der Waals surface area (Å²) in [5, 5.41) is 8.55. The topological polar surface area (TPSA) is 49.8 Å². The highest BCUT2D eigenvalue weighted by molar-refractivity contribution is 5.68. The van der Waals surface area contributed by atoms with Crippen LogP contribution in [-0.4, -0.2) is 36.9 Å². The molecule has 1 atom stereocenters. The molecule has 0 radical (unpaired) electrons. The van der Waals surface area contributed by atoms with Crippen LogP contribution in [0.3, 0.4) is 0 Å². The lowest BCUT2D eigenvalue weighted by atomic mass is 10.2. The summed E-state index contributed by atoms with van der Waals surface area (Å²) in [4.78, 5) is 12.6. The van der Waals surface area contributed by atoms with E-state index in [1.165, 1.54) is 11.3 Å². The molecule has 1 aliphatic rings.